The molecule has 4 heteroatoms. The van der Waals surface area contributed by atoms with Gasteiger partial charge in [-0.3, -0.25) is 0 Å². The van der Waals surface area contributed by atoms with E-state index in [9.17, 15) is 5.11 Å². The monoisotopic (exact) mass is 235 g/mol. The summed E-state index contributed by atoms with van der Waals surface area (Å²) in [7, 11) is 0. The highest BCUT2D eigenvalue weighted by Crippen LogP contribution is 2.21. The van der Waals surface area contributed by atoms with Gasteiger partial charge in [-0.15, -0.1) is 11.3 Å². The molecular formula is C12H13NO2S. The maximum atomic E-state index is 9.26. The van der Waals surface area contributed by atoms with E-state index >= 15 is 0 Å². The number of rotatable bonds is 4. The molecule has 0 bridgehead atoms. The third kappa shape index (κ3) is 2.74. The fourth-order valence-corrected chi connectivity index (χ4v) is 2.15. The molecule has 0 radical (unpaired) electrons. The van der Waals surface area contributed by atoms with E-state index < -0.39 is 0 Å². The molecule has 1 heterocycles. The van der Waals surface area contributed by atoms with Crippen LogP contribution in [-0.2, 0) is 13.2 Å². The van der Waals surface area contributed by atoms with Gasteiger partial charge < -0.3 is 15.6 Å². The molecule has 1 aromatic heterocycles. The normalized spacial score (nSPS) is 10.3. The van der Waals surface area contributed by atoms with E-state index in [4.69, 9.17) is 10.5 Å². The predicted molar refractivity (Wildman–Crippen MR) is 64.6 cm³/mol. The Kier molecular flexibility index (Phi) is 3.44. The number of ether oxygens (including phenoxy) is 1. The lowest BCUT2D eigenvalue weighted by molar-refractivity contribution is 0.308. The molecule has 0 aliphatic carbocycles. The lowest BCUT2D eigenvalue weighted by Gasteiger charge is -2.04. The van der Waals surface area contributed by atoms with Crippen molar-refractivity contribution in [2.45, 2.75) is 13.2 Å². The third-order valence-electron chi connectivity index (χ3n) is 2.12. The Labute approximate surface area is 98.1 Å². The average molecular weight is 235 g/mol. The van der Waals surface area contributed by atoms with Gasteiger partial charge in [0.15, 0.2) is 0 Å². The van der Waals surface area contributed by atoms with Gasteiger partial charge in [0.05, 0.1) is 0 Å². The van der Waals surface area contributed by atoms with Crippen LogP contribution in [0, 0.1) is 0 Å². The van der Waals surface area contributed by atoms with Crippen LogP contribution in [0.2, 0.25) is 0 Å². The molecule has 2 rings (SSSR count). The molecule has 3 nitrogen and oxygen atoms in total. The average Bonchev–Trinajstić information content (AvgIpc) is 2.74. The second kappa shape index (κ2) is 5.01. The summed E-state index contributed by atoms with van der Waals surface area (Å²) in [4.78, 5) is 2.28. The van der Waals surface area contributed by atoms with Gasteiger partial charge in [-0.05, 0) is 24.3 Å². The Hall–Kier alpha value is -1.52. The van der Waals surface area contributed by atoms with E-state index in [0.717, 1.165) is 9.75 Å². The van der Waals surface area contributed by atoms with Crippen molar-refractivity contribution in [1.29, 1.82) is 0 Å². The first-order valence-electron chi connectivity index (χ1n) is 4.97. The van der Waals surface area contributed by atoms with Gasteiger partial charge in [0.25, 0.3) is 0 Å². The van der Waals surface area contributed by atoms with E-state index in [0.29, 0.717) is 18.9 Å². The fraction of sp³-hybridized carbons (Fsp3) is 0.167. The number of phenolic OH excluding ortho intramolecular Hbond substituents is 1. The molecule has 0 saturated heterocycles. The summed E-state index contributed by atoms with van der Waals surface area (Å²) >= 11 is 1.64. The van der Waals surface area contributed by atoms with Crippen molar-refractivity contribution < 1.29 is 9.84 Å². The van der Waals surface area contributed by atoms with Gasteiger partial charge in [-0.2, -0.15) is 0 Å². The molecule has 0 aliphatic heterocycles. The highest BCUT2D eigenvalue weighted by molar-refractivity contribution is 7.11. The van der Waals surface area contributed by atoms with Gasteiger partial charge in [-0.1, -0.05) is 6.07 Å². The summed E-state index contributed by atoms with van der Waals surface area (Å²) in [5.41, 5.74) is 5.53. The van der Waals surface area contributed by atoms with Crippen molar-refractivity contribution in [3.63, 3.8) is 0 Å². The molecule has 3 N–H and O–H groups in total. The van der Waals surface area contributed by atoms with Crippen LogP contribution in [0.25, 0.3) is 0 Å². The van der Waals surface area contributed by atoms with Crippen LogP contribution in [0.15, 0.2) is 36.4 Å². The SMILES string of the molecule is NCc1ccc(COc2cccc(O)c2)s1. The summed E-state index contributed by atoms with van der Waals surface area (Å²) in [5.74, 6) is 0.883. The summed E-state index contributed by atoms with van der Waals surface area (Å²) in [5, 5.41) is 9.26. The molecular weight excluding hydrogens is 222 g/mol. The van der Waals surface area contributed by atoms with Gasteiger partial charge in [0, 0.05) is 22.4 Å². The zero-order valence-corrected chi connectivity index (χ0v) is 9.54. The highest BCUT2D eigenvalue weighted by Gasteiger charge is 2.00. The van der Waals surface area contributed by atoms with E-state index in [1.54, 1.807) is 29.5 Å². The minimum absolute atomic E-state index is 0.214. The first kappa shape index (κ1) is 11.0. The Morgan fingerprint density at radius 3 is 2.69 bits per heavy atom. The maximum Gasteiger partial charge on any atom is 0.123 e. The quantitative estimate of drug-likeness (QED) is 0.856. The van der Waals surface area contributed by atoms with Crippen LogP contribution in [-0.4, -0.2) is 5.11 Å². The van der Waals surface area contributed by atoms with Crippen molar-refractivity contribution >= 4 is 11.3 Å². The summed E-state index contributed by atoms with van der Waals surface area (Å²) in [6.45, 7) is 1.07. The van der Waals surface area contributed by atoms with E-state index in [2.05, 4.69) is 0 Å². The molecule has 0 atom stereocenters. The highest BCUT2D eigenvalue weighted by atomic mass is 32.1. The summed E-state index contributed by atoms with van der Waals surface area (Å²) in [6, 6.07) is 10.8. The van der Waals surface area contributed by atoms with E-state index in [1.807, 2.05) is 18.2 Å². The predicted octanol–water partition coefficient (Wildman–Crippen LogP) is 2.49. The standard InChI is InChI=1S/C12H13NO2S/c13-7-11-4-5-12(16-11)8-15-10-3-1-2-9(14)6-10/h1-6,14H,7-8,13H2. The van der Waals surface area contributed by atoms with Crippen molar-refractivity contribution in [3.8, 4) is 11.5 Å². The maximum absolute atomic E-state index is 9.26. The molecule has 0 unspecified atom stereocenters. The second-order valence-electron chi connectivity index (χ2n) is 3.36. The Morgan fingerprint density at radius 2 is 2.00 bits per heavy atom. The number of hydrogen-bond donors (Lipinski definition) is 2. The van der Waals surface area contributed by atoms with Gasteiger partial charge in [0.1, 0.15) is 18.1 Å². The molecule has 16 heavy (non-hydrogen) atoms. The lowest BCUT2D eigenvalue weighted by atomic mass is 10.3. The number of thiophene rings is 1. The zero-order chi connectivity index (χ0) is 11.4. The number of benzene rings is 1. The van der Waals surface area contributed by atoms with E-state index in [-0.39, 0.29) is 5.75 Å². The Balaban J connectivity index is 1.96. The van der Waals surface area contributed by atoms with Crippen LogP contribution in [0.4, 0.5) is 0 Å². The minimum Gasteiger partial charge on any atom is -0.508 e. The third-order valence-corrected chi connectivity index (χ3v) is 3.20. The molecule has 1 aromatic carbocycles. The van der Waals surface area contributed by atoms with Gasteiger partial charge >= 0.3 is 0 Å². The van der Waals surface area contributed by atoms with Crippen LogP contribution < -0.4 is 10.5 Å². The molecule has 84 valence electrons. The first-order chi connectivity index (χ1) is 7.78. The van der Waals surface area contributed by atoms with Gasteiger partial charge in [0.2, 0.25) is 0 Å². The Bertz CT molecular complexity index is 468. The zero-order valence-electron chi connectivity index (χ0n) is 8.72. The van der Waals surface area contributed by atoms with Gasteiger partial charge in [-0.25, -0.2) is 0 Å². The van der Waals surface area contributed by atoms with Crippen molar-refractivity contribution in [2.75, 3.05) is 0 Å². The van der Waals surface area contributed by atoms with Crippen LogP contribution >= 0.6 is 11.3 Å². The lowest BCUT2D eigenvalue weighted by Crippen LogP contribution is -1.93. The van der Waals surface area contributed by atoms with Crippen LogP contribution in [0.1, 0.15) is 9.75 Å². The fourth-order valence-electron chi connectivity index (χ4n) is 1.34. The number of nitrogens with two attached hydrogens (primary N) is 1. The van der Waals surface area contributed by atoms with Crippen LogP contribution in [0.5, 0.6) is 11.5 Å². The van der Waals surface area contributed by atoms with Crippen molar-refractivity contribution in [3.05, 3.63) is 46.2 Å². The second-order valence-corrected chi connectivity index (χ2v) is 4.61. The van der Waals surface area contributed by atoms with Crippen molar-refractivity contribution in [1.82, 2.24) is 0 Å². The largest absolute Gasteiger partial charge is 0.508 e. The first-order valence-corrected chi connectivity index (χ1v) is 5.79. The number of aromatic hydroxyl groups is 1. The summed E-state index contributed by atoms with van der Waals surface area (Å²) in [6.07, 6.45) is 0. The molecule has 2 aromatic rings. The van der Waals surface area contributed by atoms with Crippen molar-refractivity contribution in [2.24, 2.45) is 5.73 Å². The molecule has 0 fully saturated rings. The molecule has 0 aliphatic rings. The topological polar surface area (TPSA) is 55.5 Å². The Morgan fingerprint density at radius 1 is 1.19 bits per heavy atom. The molecule has 0 saturated carbocycles. The number of phenols is 1. The number of hydrogen-bond acceptors (Lipinski definition) is 4. The van der Waals surface area contributed by atoms with E-state index in [1.165, 1.54) is 0 Å². The molecule has 0 amide bonds. The summed E-state index contributed by atoms with van der Waals surface area (Å²) < 4.78 is 5.54. The minimum atomic E-state index is 0.214. The van der Waals surface area contributed by atoms with Crippen LogP contribution in [0.3, 0.4) is 0 Å². The smallest absolute Gasteiger partial charge is 0.123 e. The molecule has 0 spiro atoms.